The molecule has 0 unspecified atom stereocenters. The third-order valence-corrected chi connectivity index (χ3v) is 4.07. The number of hydrogen-bond acceptors (Lipinski definition) is 3. The minimum atomic E-state index is -4.27. The Balaban J connectivity index is 1.78. The number of benzene rings is 1. The van der Waals surface area contributed by atoms with Gasteiger partial charge in [0.1, 0.15) is 0 Å². The predicted octanol–water partition coefficient (Wildman–Crippen LogP) is 3.32. The number of halogens is 3. The Morgan fingerprint density at radius 1 is 1.23 bits per heavy atom. The van der Waals surface area contributed by atoms with Crippen molar-refractivity contribution in [1.29, 1.82) is 0 Å². The Hall–Kier alpha value is -1.27. The Morgan fingerprint density at radius 3 is 2.32 bits per heavy atom. The van der Waals surface area contributed by atoms with Crippen molar-refractivity contribution in [3.05, 3.63) is 29.8 Å². The van der Waals surface area contributed by atoms with E-state index < -0.39 is 11.7 Å². The fourth-order valence-corrected chi connectivity index (χ4v) is 2.68. The molecule has 3 N–H and O–H groups in total. The molecule has 1 saturated heterocycles. The molecule has 0 radical (unpaired) electrons. The SMILES string of the molecule is C[C@@H](N)CCN1CCC(Nc2ccc(C(F)(F)F)cc2)CC1. The topological polar surface area (TPSA) is 41.3 Å². The van der Waals surface area contributed by atoms with Crippen LogP contribution in [0.15, 0.2) is 24.3 Å². The normalized spacial score (nSPS) is 19.1. The fourth-order valence-electron chi connectivity index (χ4n) is 2.68. The number of likely N-dealkylation sites (tertiary alicyclic amines) is 1. The summed E-state index contributed by atoms with van der Waals surface area (Å²) >= 11 is 0. The second-order valence-electron chi connectivity index (χ2n) is 6.10. The smallest absolute Gasteiger partial charge is 0.382 e. The Morgan fingerprint density at radius 2 is 1.82 bits per heavy atom. The van der Waals surface area contributed by atoms with Gasteiger partial charge in [-0.2, -0.15) is 13.2 Å². The van der Waals surface area contributed by atoms with Crippen LogP contribution in [0.3, 0.4) is 0 Å². The molecule has 0 amide bonds. The number of nitrogens with zero attached hydrogens (tertiary/aromatic N) is 1. The summed E-state index contributed by atoms with van der Waals surface area (Å²) in [5, 5.41) is 3.33. The summed E-state index contributed by atoms with van der Waals surface area (Å²) < 4.78 is 37.5. The predicted molar refractivity (Wildman–Crippen MR) is 82.8 cm³/mol. The van der Waals surface area contributed by atoms with E-state index in [0.717, 1.165) is 56.7 Å². The van der Waals surface area contributed by atoms with E-state index in [2.05, 4.69) is 10.2 Å². The standard InChI is InChI=1S/C16H24F3N3/c1-12(20)6-9-22-10-7-15(8-11-22)21-14-4-2-13(3-5-14)16(17,18)19/h2-5,12,15,21H,6-11,20H2,1H3/t12-/m1/s1. The van der Waals surface area contributed by atoms with Crippen LogP contribution in [-0.4, -0.2) is 36.6 Å². The van der Waals surface area contributed by atoms with Gasteiger partial charge in [-0.1, -0.05) is 0 Å². The van der Waals surface area contributed by atoms with Gasteiger partial charge in [0.05, 0.1) is 5.56 Å². The maximum absolute atomic E-state index is 12.5. The van der Waals surface area contributed by atoms with Crippen LogP contribution in [0.25, 0.3) is 0 Å². The lowest BCUT2D eigenvalue weighted by Crippen LogP contribution is -2.40. The van der Waals surface area contributed by atoms with E-state index in [1.165, 1.54) is 12.1 Å². The third kappa shape index (κ3) is 5.18. The summed E-state index contributed by atoms with van der Waals surface area (Å²) in [7, 11) is 0. The quantitative estimate of drug-likeness (QED) is 0.876. The van der Waals surface area contributed by atoms with E-state index in [4.69, 9.17) is 5.73 Å². The molecule has 1 heterocycles. The molecule has 6 heteroatoms. The minimum Gasteiger partial charge on any atom is -0.382 e. The van der Waals surface area contributed by atoms with Gasteiger partial charge in [-0.25, -0.2) is 0 Å². The van der Waals surface area contributed by atoms with Crippen LogP contribution in [0.5, 0.6) is 0 Å². The molecule has 124 valence electrons. The average Bonchev–Trinajstić information content (AvgIpc) is 2.46. The lowest BCUT2D eigenvalue weighted by atomic mass is 10.0. The van der Waals surface area contributed by atoms with Crippen molar-refractivity contribution in [3.63, 3.8) is 0 Å². The Bertz CT molecular complexity index is 449. The number of rotatable bonds is 5. The first-order valence-electron chi connectivity index (χ1n) is 7.76. The molecule has 22 heavy (non-hydrogen) atoms. The molecule has 0 saturated carbocycles. The number of alkyl halides is 3. The molecule has 2 rings (SSSR count). The molecule has 0 bridgehead atoms. The highest BCUT2D eigenvalue weighted by molar-refractivity contribution is 5.46. The van der Waals surface area contributed by atoms with Gasteiger partial charge < -0.3 is 16.0 Å². The third-order valence-electron chi connectivity index (χ3n) is 4.07. The van der Waals surface area contributed by atoms with Gasteiger partial charge in [0.15, 0.2) is 0 Å². The van der Waals surface area contributed by atoms with Crippen molar-refractivity contribution >= 4 is 5.69 Å². The van der Waals surface area contributed by atoms with Gasteiger partial charge >= 0.3 is 6.18 Å². The highest BCUT2D eigenvalue weighted by Gasteiger charge is 2.30. The van der Waals surface area contributed by atoms with Crippen molar-refractivity contribution in [3.8, 4) is 0 Å². The highest BCUT2D eigenvalue weighted by Crippen LogP contribution is 2.30. The molecule has 1 atom stereocenters. The summed E-state index contributed by atoms with van der Waals surface area (Å²) in [5.41, 5.74) is 5.91. The number of anilines is 1. The lowest BCUT2D eigenvalue weighted by molar-refractivity contribution is -0.137. The van der Waals surface area contributed by atoms with Gasteiger partial charge in [0, 0.05) is 30.9 Å². The molecule has 3 nitrogen and oxygen atoms in total. The first-order chi connectivity index (χ1) is 10.3. The van der Waals surface area contributed by atoms with Crippen LogP contribution in [-0.2, 0) is 6.18 Å². The lowest BCUT2D eigenvalue weighted by Gasteiger charge is -2.33. The van der Waals surface area contributed by atoms with Gasteiger partial charge in [0.25, 0.3) is 0 Å². The van der Waals surface area contributed by atoms with E-state index in [0.29, 0.717) is 6.04 Å². The molecule has 1 fully saturated rings. The summed E-state index contributed by atoms with van der Waals surface area (Å²) in [6, 6.07) is 5.81. The van der Waals surface area contributed by atoms with Gasteiger partial charge in [-0.05, 0) is 57.0 Å². The molecular weight excluding hydrogens is 291 g/mol. The zero-order valence-corrected chi connectivity index (χ0v) is 12.9. The second-order valence-corrected chi connectivity index (χ2v) is 6.10. The summed E-state index contributed by atoms with van der Waals surface area (Å²) in [5.74, 6) is 0. The summed E-state index contributed by atoms with van der Waals surface area (Å²) in [4.78, 5) is 2.40. The molecular formula is C16H24F3N3. The number of nitrogens with two attached hydrogens (primary N) is 1. The Labute approximate surface area is 129 Å². The van der Waals surface area contributed by atoms with Crippen LogP contribution in [0, 0.1) is 0 Å². The number of hydrogen-bond donors (Lipinski definition) is 2. The number of piperidine rings is 1. The van der Waals surface area contributed by atoms with E-state index in [9.17, 15) is 13.2 Å². The van der Waals surface area contributed by atoms with E-state index in [1.807, 2.05) is 6.92 Å². The molecule has 1 aliphatic heterocycles. The van der Waals surface area contributed by atoms with Crippen molar-refractivity contribution in [2.24, 2.45) is 5.73 Å². The molecule has 0 spiro atoms. The first kappa shape index (κ1) is 17.1. The highest BCUT2D eigenvalue weighted by atomic mass is 19.4. The van der Waals surface area contributed by atoms with Crippen molar-refractivity contribution in [2.75, 3.05) is 25.0 Å². The summed E-state index contributed by atoms with van der Waals surface area (Å²) in [6.45, 7) is 5.04. The maximum atomic E-state index is 12.5. The van der Waals surface area contributed by atoms with E-state index in [-0.39, 0.29) is 6.04 Å². The van der Waals surface area contributed by atoms with Gasteiger partial charge in [-0.3, -0.25) is 0 Å². The van der Waals surface area contributed by atoms with Crippen molar-refractivity contribution in [1.82, 2.24) is 4.90 Å². The van der Waals surface area contributed by atoms with Crippen LogP contribution in [0.4, 0.5) is 18.9 Å². The van der Waals surface area contributed by atoms with Gasteiger partial charge in [-0.15, -0.1) is 0 Å². The Kier molecular flexibility index (Phi) is 5.69. The van der Waals surface area contributed by atoms with Crippen LogP contribution in [0.2, 0.25) is 0 Å². The molecule has 0 aromatic heterocycles. The van der Waals surface area contributed by atoms with Crippen molar-refractivity contribution < 1.29 is 13.2 Å². The van der Waals surface area contributed by atoms with E-state index >= 15 is 0 Å². The van der Waals surface area contributed by atoms with Gasteiger partial charge in [0.2, 0.25) is 0 Å². The zero-order valence-electron chi connectivity index (χ0n) is 12.9. The molecule has 1 aliphatic rings. The van der Waals surface area contributed by atoms with E-state index in [1.54, 1.807) is 0 Å². The van der Waals surface area contributed by atoms with Crippen LogP contribution >= 0.6 is 0 Å². The number of nitrogens with one attached hydrogen (secondary N) is 1. The average molecular weight is 315 g/mol. The molecule has 1 aromatic carbocycles. The second kappa shape index (κ2) is 7.33. The fraction of sp³-hybridized carbons (Fsp3) is 0.625. The minimum absolute atomic E-state index is 0.225. The van der Waals surface area contributed by atoms with Crippen LogP contribution < -0.4 is 11.1 Å². The summed E-state index contributed by atoms with van der Waals surface area (Å²) in [6.07, 6.45) is -1.28. The molecule has 0 aliphatic carbocycles. The van der Waals surface area contributed by atoms with Crippen LogP contribution in [0.1, 0.15) is 31.7 Å². The maximum Gasteiger partial charge on any atom is 0.416 e. The zero-order chi connectivity index (χ0) is 16.2. The first-order valence-corrected chi connectivity index (χ1v) is 7.76. The monoisotopic (exact) mass is 315 g/mol. The van der Waals surface area contributed by atoms with Crippen molar-refractivity contribution in [2.45, 2.75) is 44.4 Å². The molecule has 1 aromatic rings. The largest absolute Gasteiger partial charge is 0.416 e.